The molecule has 2 aromatic rings. The van der Waals surface area contributed by atoms with E-state index in [1.165, 1.54) is 12.8 Å². The van der Waals surface area contributed by atoms with Crippen LogP contribution in [0.1, 0.15) is 42.4 Å². The molecule has 1 aliphatic carbocycles. The fourth-order valence-corrected chi connectivity index (χ4v) is 3.24. The first-order chi connectivity index (χ1) is 12.7. The monoisotopic (exact) mass is 354 g/mol. The van der Waals surface area contributed by atoms with E-state index in [4.69, 9.17) is 9.47 Å². The zero-order valence-electron chi connectivity index (χ0n) is 15.5. The Morgan fingerprint density at radius 2 is 2.08 bits per heavy atom. The maximum absolute atomic E-state index is 12.3. The molecule has 1 saturated carbocycles. The Labute approximate surface area is 154 Å². The van der Waals surface area contributed by atoms with Crippen molar-refractivity contribution in [1.82, 2.24) is 10.3 Å². The van der Waals surface area contributed by atoms with Crippen molar-refractivity contribution in [3.8, 4) is 11.6 Å². The SMILES string of the molecule is COc1cc(CC(=O)NCc2cccnc2OC2CCCC2)ccc1C. The lowest BCUT2D eigenvalue weighted by Crippen LogP contribution is -2.25. The molecule has 3 rings (SSSR count). The Balaban J connectivity index is 1.57. The van der Waals surface area contributed by atoms with Crippen LogP contribution in [0, 0.1) is 6.92 Å². The normalized spacial score (nSPS) is 14.2. The molecular formula is C21H26N2O3. The van der Waals surface area contributed by atoms with E-state index in [9.17, 15) is 4.79 Å². The minimum atomic E-state index is -0.0356. The van der Waals surface area contributed by atoms with Gasteiger partial charge >= 0.3 is 0 Å². The predicted octanol–water partition coefficient (Wildman–Crippen LogP) is 3.58. The average molecular weight is 354 g/mol. The third kappa shape index (κ3) is 4.75. The molecule has 26 heavy (non-hydrogen) atoms. The van der Waals surface area contributed by atoms with E-state index in [1.807, 2.05) is 37.3 Å². The Kier molecular flexibility index (Phi) is 6.10. The van der Waals surface area contributed by atoms with E-state index >= 15 is 0 Å². The van der Waals surface area contributed by atoms with E-state index in [0.717, 1.165) is 35.3 Å². The maximum atomic E-state index is 12.3. The highest BCUT2D eigenvalue weighted by Crippen LogP contribution is 2.25. The Morgan fingerprint density at radius 1 is 1.27 bits per heavy atom. The van der Waals surface area contributed by atoms with Crippen molar-refractivity contribution in [2.24, 2.45) is 0 Å². The summed E-state index contributed by atoms with van der Waals surface area (Å²) in [5.74, 6) is 1.40. The first-order valence-electron chi connectivity index (χ1n) is 9.16. The summed E-state index contributed by atoms with van der Waals surface area (Å²) in [7, 11) is 1.64. The molecule has 5 heteroatoms. The first-order valence-corrected chi connectivity index (χ1v) is 9.16. The summed E-state index contributed by atoms with van der Waals surface area (Å²) in [6, 6.07) is 9.65. The number of hydrogen-bond acceptors (Lipinski definition) is 4. The van der Waals surface area contributed by atoms with Gasteiger partial charge in [-0.25, -0.2) is 4.98 Å². The van der Waals surface area contributed by atoms with Gasteiger partial charge in [-0.2, -0.15) is 0 Å². The van der Waals surface area contributed by atoms with Crippen molar-refractivity contribution in [3.05, 3.63) is 53.2 Å². The Hall–Kier alpha value is -2.56. The van der Waals surface area contributed by atoms with Crippen LogP contribution in [-0.4, -0.2) is 24.1 Å². The number of methoxy groups -OCH3 is 1. The van der Waals surface area contributed by atoms with Crippen molar-refractivity contribution in [2.75, 3.05) is 7.11 Å². The van der Waals surface area contributed by atoms with Gasteiger partial charge in [0.15, 0.2) is 0 Å². The number of rotatable bonds is 7. The summed E-state index contributed by atoms with van der Waals surface area (Å²) in [4.78, 5) is 16.7. The third-order valence-electron chi connectivity index (χ3n) is 4.74. The molecule has 0 unspecified atom stereocenters. The lowest BCUT2D eigenvalue weighted by Gasteiger charge is -2.15. The smallest absolute Gasteiger partial charge is 0.224 e. The van der Waals surface area contributed by atoms with Crippen LogP contribution in [0.15, 0.2) is 36.5 Å². The van der Waals surface area contributed by atoms with Gasteiger partial charge in [0, 0.05) is 18.3 Å². The van der Waals surface area contributed by atoms with Crippen molar-refractivity contribution >= 4 is 5.91 Å². The number of carbonyl (C=O) groups is 1. The van der Waals surface area contributed by atoms with Crippen molar-refractivity contribution in [1.29, 1.82) is 0 Å². The van der Waals surface area contributed by atoms with Gasteiger partial charge in [0.2, 0.25) is 11.8 Å². The predicted molar refractivity (Wildman–Crippen MR) is 100 cm³/mol. The fraction of sp³-hybridized carbons (Fsp3) is 0.429. The highest BCUT2D eigenvalue weighted by atomic mass is 16.5. The molecule has 5 nitrogen and oxygen atoms in total. The van der Waals surface area contributed by atoms with Crippen LogP contribution in [0.5, 0.6) is 11.6 Å². The number of nitrogens with one attached hydrogen (secondary N) is 1. The molecule has 0 spiro atoms. The largest absolute Gasteiger partial charge is 0.496 e. The molecule has 1 aromatic heterocycles. The van der Waals surface area contributed by atoms with E-state index in [1.54, 1.807) is 13.3 Å². The molecule has 138 valence electrons. The molecule has 0 radical (unpaired) electrons. The molecule has 0 aliphatic heterocycles. The number of amides is 1. The van der Waals surface area contributed by atoms with Gasteiger partial charge in [0.05, 0.1) is 13.5 Å². The van der Waals surface area contributed by atoms with Crippen LogP contribution in [-0.2, 0) is 17.8 Å². The summed E-state index contributed by atoms with van der Waals surface area (Å²) in [6.45, 7) is 2.40. The highest BCUT2D eigenvalue weighted by Gasteiger charge is 2.18. The molecule has 1 aromatic carbocycles. The standard InChI is InChI=1S/C21H26N2O3/c1-15-9-10-16(12-19(15)25-2)13-20(24)23-14-17-6-5-11-22-21(17)26-18-7-3-4-8-18/h5-6,9-12,18H,3-4,7-8,13-14H2,1-2H3,(H,23,24). The highest BCUT2D eigenvalue weighted by molar-refractivity contribution is 5.78. The molecule has 0 atom stereocenters. The number of benzene rings is 1. The number of aryl methyl sites for hydroxylation is 1. The van der Waals surface area contributed by atoms with Gasteiger partial charge < -0.3 is 14.8 Å². The van der Waals surface area contributed by atoms with Gasteiger partial charge in [-0.05, 0) is 55.9 Å². The second kappa shape index (κ2) is 8.70. The first kappa shape index (κ1) is 18.2. The second-order valence-corrected chi connectivity index (χ2v) is 6.75. The number of ether oxygens (including phenoxy) is 2. The summed E-state index contributed by atoms with van der Waals surface area (Å²) in [6.07, 6.45) is 6.88. The summed E-state index contributed by atoms with van der Waals surface area (Å²) in [5.41, 5.74) is 2.90. The van der Waals surface area contributed by atoms with Gasteiger partial charge in [0.25, 0.3) is 0 Å². The molecule has 1 fully saturated rings. The summed E-state index contributed by atoms with van der Waals surface area (Å²) >= 11 is 0. The van der Waals surface area contributed by atoms with Gasteiger partial charge in [-0.1, -0.05) is 18.2 Å². The van der Waals surface area contributed by atoms with Crippen molar-refractivity contribution < 1.29 is 14.3 Å². The van der Waals surface area contributed by atoms with E-state index in [-0.39, 0.29) is 12.0 Å². The number of carbonyl (C=O) groups excluding carboxylic acids is 1. The Morgan fingerprint density at radius 3 is 2.85 bits per heavy atom. The molecule has 1 heterocycles. The van der Waals surface area contributed by atoms with E-state index in [0.29, 0.717) is 18.8 Å². The van der Waals surface area contributed by atoms with E-state index < -0.39 is 0 Å². The van der Waals surface area contributed by atoms with E-state index in [2.05, 4.69) is 10.3 Å². The zero-order valence-corrected chi connectivity index (χ0v) is 15.5. The van der Waals surface area contributed by atoms with Crippen LogP contribution < -0.4 is 14.8 Å². The molecule has 1 amide bonds. The van der Waals surface area contributed by atoms with Crippen molar-refractivity contribution in [3.63, 3.8) is 0 Å². The second-order valence-electron chi connectivity index (χ2n) is 6.75. The molecule has 1 N–H and O–H groups in total. The average Bonchev–Trinajstić information content (AvgIpc) is 3.15. The minimum Gasteiger partial charge on any atom is -0.496 e. The van der Waals surface area contributed by atoms with Gasteiger partial charge in [-0.15, -0.1) is 0 Å². The van der Waals surface area contributed by atoms with Crippen LogP contribution in [0.3, 0.4) is 0 Å². The molecular weight excluding hydrogens is 328 g/mol. The number of pyridine rings is 1. The third-order valence-corrected chi connectivity index (χ3v) is 4.74. The molecule has 0 saturated heterocycles. The summed E-state index contributed by atoms with van der Waals surface area (Å²) < 4.78 is 11.3. The maximum Gasteiger partial charge on any atom is 0.224 e. The molecule has 0 bridgehead atoms. The van der Waals surface area contributed by atoms with Crippen LogP contribution >= 0.6 is 0 Å². The quantitative estimate of drug-likeness (QED) is 0.826. The fourth-order valence-electron chi connectivity index (χ4n) is 3.24. The Bertz CT molecular complexity index is 755. The number of nitrogens with zero attached hydrogens (tertiary/aromatic N) is 1. The van der Waals surface area contributed by atoms with Crippen molar-refractivity contribution in [2.45, 2.75) is 51.7 Å². The van der Waals surface area contributed by atoms with Crippen LogP contribution in [0.25, 0.3) is 0 Å². The lowest BCUT2D eigenvalue weighted by molar-refractivity contribution is -0.120. The van der Waals surface area contributed by atoms with Crippen LogP contribution in [0.4, 0.5) is 0 Å². The lowest BCUT2D eigenvalue weighted by atomic mass is 10.1. The van der Waals surface area contributed by atoms with Crippen LogP contribution in [0.2, 0.25) is 0 Å². The number of aromatic nitrogens is 1. The molecule has 1 aliphatic rings. The topological polar surface area (TPSA) is 60.5 Å². The zero-order chi connectivity index (χ0) is 18.4. The van der Waals surface area contributed by atoms with Gasteiger partial charge in [0.1, 0.15) is 11.9 Å². The van der Waals surface area contributed by atoms with Gasteiger partial charge in [-0.3, -0.25) is 4.79 Å². The summed E-state index contributed by atoms with van der Waals surface area (Å²) in [5, 5.41) is 2.97. The minimum absolute atomic E-state index is 0.0356. The number of hydrogen-bond donors (Lipinski definition) is 1.